The van der Waals surface area contributed by atoms with Gasteiger partial charge in [0.2, 0.25) is 0 Å². The van der Waals surface area contributed by atoms with Crippen molar-refractivity contribution in [3.8, 4) is 0 Å². The maximum atomic E-state index is 12.2. The topological polar surface area (TPSA) is 57.5 Å². The van der Waals surface area contributed by atoms with Gasteiger partial charge in [-0.1, -0.05) is 59.8 Å². The molecule has 0 aliphatic heterocycles. The predicted octanol–water partition coefficient (Wildman–Crippen LogP) is 6.81. The van der Waals surface area contributed by atoms with Crippen LogP contribution in [0.3, 0.4) is 0 Å². The highest BCUT2D eigenvalue weighted by atomic mass is 16.4. The highest BCUT2D eigenvalue weighted by Gasteiger charge is 2.40. The van der Waals surface area contributed by atoms with E-state index in [0.717, 1.165) is 70.9 Å². The molecule has 0 saturated carbocycles. The SMILES string of the molecule is CCCCCC/C(O)=C/[N+](CCCCC)(CCCCC)C(CCC)C(=O)O. The fourth-order valence-electron chi connectivity index (χ4n) is 3.92. The van der Waals surface area contributed by atoms with Crippen molar-refractivity contribution in [3.63, 3.8) is 0 Å². The van der Waals surface area contributed by atoms with E-state index in [9.17, 15) is 15.0 Å². The van der Waals surface area contributed by atoms with E-state index in [2.05, 4.69) is 27.7 Å². The number of aliphatic hydroxyl groups is 1. The van der Waals surface area contributed by atoms with E-state index in [1.54, 1.807) is 0 Å². The van der Waals surface area contributed by atoms with Crippen LogP contribution < -0.4 is 0 Å². The zero-order valence-electron chi connectivity index (χ0n) is 18.5. The summed E-state index contributed by atoms with van der Waals surface area (Å²) >= 11 is 0. The van der Waals surface area contributed by atoms with Crippen molar-refractivity contribution >= 4 is 5.97 Å². The standard InChI is InChI=1S/C23H45NO3/c1-5-9-12-13-17-21(25)20-24(18-14-10-6-2,19-15-11-7-3)22(16-8-4)23(26)27/h20,22H,5-19H2,1-4H3,(H-,25,26,27)/p+1/b21-20-. The minimum Gasteiger partial charge on any atom is -0.507 e. The molecule has 0 bridgehead atoms. The number of rotatable bonds is 18. The molecule has 160 valence electrons. The van der Waals surface area contributed by atoms with E-state index in [4.69, 9.17) is 0 Å². The molecule has 1 unspecified atom stereocenters. The Labute approximate surface area is 168 Å². The largest absolute Gasteiger partial charge is 0.507 e. The molecule has 1 atom stereocenters. The van der Waals surface area contributed by atoms with Crippen molar-refractivity contribution in [1.82, 2.24) is 0 Å². The number of carboxylic acid groups (broad SMARTS) is 1. The maximum Gasteiger partial charge on any atom is 0.362 e. The summed E-state index contributed by atoms with van der Waals surface area (Å²) in [7, 11) is 0. The summed E-state index contributed by atoms with van der Waals surface area (Å²) in [5.41, 5.74) is 0. The van der Waals surface area contributed by atoms with Crippen LogP contribution in [0.4, 0.5) is 0 Å². The number of hydrogen-bond donors (Lipinski definition) is 2. The molecule has 0 aliphatic carbocycles. The molecule has 0 rings (SSSR count). The van der Waals surface area contributed by atoms with Gasteiger partial charge in [-0.3, -0.25) is 4.48 Å². The first-order valence-corrected chi connectivity index (χ1v) is 11.5. The third-order valence-electron chi connectivity index (χ3n) is 5.52. The lowest BCUT2D eigenvalue weighted by Gasteiger charge is -2.40. The van der Waals surface area contributed by atoms with Gasteiger partial charge in [0.25, 0.3) is 0 Å². The van der Waals surface area contributed by atoms with Gasteiger partial charge in [-0.15, -0.1) is 0 Å². The number of carboxylic acids is 1. The second-order valence-corrected chi connectivity index (χ2v) is 8.04. The number of hydrogen-bond acceptors (Lipinski definition) is 2. The van der Waals surface area contributed by atoms with E-state index in [1.807, 2.05) is 6.20 Å². The van der Waals surface area contributed by atoms with Gasteiger partial charge in [0, 0.05) is 12.8 Å². The maximum absolute atomic E-state index is 12.2. The summed E-state index contributed by atoms with van der Waals surface area (Å²) in [6.07, 6.45) is 15.0. The van der Waals surface area contributed by atoms with Crippen LogP contribution in [-0.4, -0.2) is 39.8 Å². The third-order valence-corrected chi connectivity index (χ3v) is 5.52. The molecule has 0 aromatic heterocycles. The van der Waals surface area contributed by atoms with Crippen LogP contribution in [0.1, 0.15) is 111 Å². The Morgan fingerprint density at radius 1 is 0.778 bits per heavy atom. The molecule has 0 fully saturated rings. The highest BCUT2D eigenvalue weighted by molar-refractivity contribution is 5.72. The van der Waals surface area contributed by atoms with Gasteiger partial charge in [-0.25, -0.2) is 4.79 Å². The van der Waals surface area contributed by atoms with Gasteiger partial charge < -0.3 is 10.2 Å². The number of carbonyl (C=O) groups is 1. The van der Waals surface area contributed by atoms with Crippen molar-refractivity contribution in [1.29, 1.82) is 0 Å². The van der Waals surface area contributed by atoms with Crippen LogP contribution in [0.2, 0.25) is 0 Å². The fourth-order valence-corrected chi connectivity index (χ4v) is 3.92. The summed E-state index contributed by atoms with van der Waals surface area (Å²) in [6.45, 7) is 10.2. The van der Waals surface area contributed by atoms with Crippen molar-refractivity contribution in [3.05, 3.63) is 12.0 Å². The van der Waals surface area contributed by atoms with E-state index in [1.165, 1.54) is 12.8 Å². The molecule has 4 nitrogen and oxygen atoms in total. The normalized spacial score (nSPS) is 13.7. The first-order valence-electron chi connectivity index (χ1n) is 11.5. The van der Waals surface area contributed by atoms with Crippen molar-refractivity contribution in [2.75, 3.05) is 13.1 Å². The molecule has 4 heteroatoms. The van der Waals surface area contributed by atoms with Crippen LogP contribution in [0.25, 0.3) is 0 Å². The summed E-state index contributed by atoms with van der Waals surface area (Å²) in [5, 5.41) is 20.6. The lowest BCUT2D eigenvalue weighted by molar-refractivity contribution is -0.897. The Balaban J connectivity index is 5.58. The average Bonchev–Trinajstić information content (AvgIpc) is 2.63. The zero-order chi connectivity index (χ0) is 20.5. The molecule has 0 aromatic carbocycles. The smallest absolute Gasteiger partial charge is 0.362 e. The highest BCUT2D eigenvalue weighted by Crippen LogP contribution is 2.26. The molecule has 0 aromatic rings. The Hall–Kier alpha value is -1.03. The third kappa shape index (κ3) is 10.8. The van der Waals surface area contributed by atoms with Crippen LogP contribution >= 0.6 is 0 Å². The van der Waals surface area contributed by atoms with Gasteiger partial charge in [0.1, 0.15) is 12.0 Å². The summed E-state index contributed by atoms with van der Waals surface area (Å²) in [6, 6.07) is -0.457. The molecular formula is C23H46NO3+. The van der Waals surface area contributed by atoms with E-state index in [0.29, 0.717) is 23.1 Å². The number of allylic oxidation sites excluding steroid dienone is 1. The summed E-state index contributed by atoms with van der Waals surface area (Å²) < 4.78 is 0.419. The van der Waals surface area contributed by atoms with E-state index >= 15 is 0 Å². The Bertz CT molecular complexity index is 396. The first kappa shape index (κ1) is 26.0. The lowest BCUT2D eigenvalue weighted by Crippen LogP contribution is -2.56. The van der Waals surface area contributed by atoms with E-state index in [-0.39, 0.29) is 0 Å². The molecule has 2 N–H and O–H groups in total. The van der Waals surface area contributed by atoms with Gasteiger partial charge in [0.05, 0.1) is 13.1 Å². The number of quaternary nitrogens is 1. The predicted molar refractivity (Wildman–Crippen MR) is 115 cm³/mol. The van der Waals surface area contributed by atoms with Crippen molar-refractivity contribution in [2.45, 2.75) is 117 Å². The molecule has 0 amide bonds. The fraction of sp³-hybridized carbons (Fsp3) is 0.870. The second-order valence-electron chi connectivity index (χ2n) is 8.04. The van der Waals surface area contributed by atoms with Gasteiger partial charge in [0.15, 0.2) is 6.04 Å². The molecule has 0 heterocycles. The monoisotopic (exact) mass is 384 g/mol. The number of aliphatic carboxylic acids is 1. The molecule has 0 aliphatic rings. The van der Waals surface area contributed by atoms with Gasteiger partial charge >= 0.3 is 5.97 Å². The average molecular weight is 385 g/mol. The number of unbranched alkanes of at least 4 members (excludes halogenated alkanes) is 7. The van der Waals surface area contributed by atoms with Crippen molar-refractivity contribution < 1.29 is 19.5 Å². The Kier molecular flexibility index (Phi) is 15.4. The number of nitrogens with zero attached hydrogens (tertiary/aromatic N) is 1. The van der Waals surface area contributed by atoms with Crippen LogP contribution in [0, 0.1) is 0 Å². The summed E-state index contributed by atoms with van der Waals surface area (Å²) in [5.74, 6) is -0.332. The van der Waals surface area contributed by atoms with Crippen LogP contribution in [0.5, 0.6) is 0 Å². The van der Waals surface area contributed by atoms with E-state index < -0.39 is 12.0 Å². The quantitative estimate of drug-likeness (QED) is 0.155. The van der Waals surface area contributed by atoms with Crippen molar-refractivity contribution in [2.24, 2.45) is 0 Å². The molecule has 27 heavy (non-hydrogen) atoms. The van der Waals surface area contributed by atoms with Crippen LogP contribution in [-0.2, 0) is 4.79 Å². The second kappa shape index (κ2) is 16.0. The molecular weight excluding hydrogens is 338 g/mol. The summed E-state index contributed by atoms with van der Waals surface area (Å²) in [4.78, 5) is 12.2. The molecule has 0 radical (unpaired) electrons. The molecule has 0 spiro atoms. The first-order chi connectivity index (χ1) is 13.0. The Morgan fingerprint density at radius 2 is 1.30 bits per heavy atom. The zero-order valence-corrected chi connectivity index (χ0v) is 18.5. The van der Waals surface area contributed by atoms with Gasteiger partial charge in [-0.05, 0) is 38.5 Å². The Morgan fingerprint density at radius 3 is 1.74 bits per heavy atom. The lowest BCUT2D eigenvalue weighted by atomic mass is 10.0. The van der Waals surface area contributed by atoms with Crippen LogP contribution in [0.15, 0.2) is 12.0 Å². The van der Waals surface area contributed by atoms with Gasteiger partial charge in [-0.2, -0.15) is 0 Å². The molecule has 0 saturated heterocycles. The minimum atomic E-state index is -0.722. The number of aliphatic hydroxyl groups excluding tert-OH is 1. The minimum absolute atomic E-state index is 0.390.